The molecular weight excluding hydrogens is 314 g/mol. The number of methoxy groups -OCH3 is 1. The zero-order chi connectivity index (χ0) is 15.6. The smallest absolute Gasteiger partial charge is 0.339 e. The quantitative estimate of drug-likeness (QED) is 0.846. The van der Waals surface area contributed by atoms with Crippen LogP contribution < -0.4 is 11.1 Å². The maximum Gasteiger partial charge on any atom is 0.339 e. The van der Waals surface area contributed by atoms with Crippen molar-refractivity contribution >= 4 is 45.6 Å². The number of benzene rings is 1. The van der Waals surface area contributed by atoms with Crippen LogP contribution in [-0.2, 0) is 4.74 Å². The summed E-state index contributed by atoms with van der Waals surface area (Å²) in [6.07, 6.45) is 0. The Balaban J connectivity index is 2.34. The summed E-state index contributed by atoms with van der Waals surface area (Å²) >= 11 is 6.97. The SMILES string of the molecule is COC(=O)c1ccc(Cl)cc1NC(=O)c1sc(N)nc1C. The number of anilines is 2. The number of nitrogens with two attached hydrogens (primary N) is 1. The highest BCUT2D eigenvalue weighted by molar-refractivity contribution is 7.17. The van der Waals surface area contributed by atoms with Gasteiger partial charge in [0.15, 0.2) is 5.13 Å². The van der Waals surface area contributed by atoms with Crippen LogP contribution in [0.4, 0.5) is 10.8 Å². The van der Waals surface area contributed by atoms with E-state index >= 15 is 0 Å². The third-order valence-corrected chi connectivity index (χ3v) is 3.87. The molecule has 0 unspecified atom stereocenters. The summed E-state index contributed by atoms with van der Waals surface area (Å²) in [6, 6.07) is 4.50. The molecule has 1 aromatic heterocycles. The molecule has 0 spiro atoms. The van der Waals surface area contributed by atoms with Crippen LogP contribution in [0.1, 0.15) is 25.7 Å². The predicted molar refractivity (Wildman–Crippen MR) is 82.0 cm³/mol. The third kappa shape index (κ3) is 3.32. The van der Waals surface area contributed by atoms with E-state index in [9.17, 15) is 9.59 Å². The van der Waals surface area contributed by atoms with Gasteiger partial charge in [-0.3, -0.25) is 4.79 Å². The number of ether oxygens (including phenoxy) is 1. The molecule has 110 valence electrons. The number of hydrogen-bond donors (Lipinski definition) is 2. The number of amides is 1. The first kappa shape index (κ1) is 15.3. The van der Waals surface area contributed by atoms with E-state index in [2.05, 4.69) is 15.0 Å². The van der Waals surface area contributed by atoms with Gasteiger partial charge in [0.25, 0.3) is 5.91 Å². The highest BCUT2D eigenvalue weighted by atomic mass is 35.5. The molecule has 0 atom stereocenters. The fourth-order valence-electron chi connectivity index (χ4n) is 1.71. The third-order valence-electron chi connectivity index (χ3n) is 2.65. The summed E-state index contributed by atoms with van der Waals surface area (Å²) in [5, 5.41) is 3.32. The Morgan fingerprint density at radius 1 is 1.43 bits per heavy atom. The summed E-state index contributed by atoms with van der Waals surface area (Å²) in [5.41, 5.74) is 6.57. The molecule has 0 aliphatic heterocycles. The van der Waals surface area contributed by atoms with E-state index in [4.69, 9.17) is 17.3 Å². The number of nitrogens with zero attached hydrogens (tertiary/aromatic N) is 1. The minimum absolute atomic E-state index is 0.213. The van der Waals surface area contributed by atoms with Crippen molar-refractivity contribution in [2.24, 2.45) is 0 Å². The van der Waals surface area contributed by atoms with E-state index in [0.717, 1.165) is 11.3 Å². The number of halogens is 1. The molecule has 2 rings (SSSR count). The fourth-order valence-corrected chi connectivity index (χ4v) is 2.62. The molecule has 2 aromatic rings. The largest absolute Gasteiger partial charge is 0.465 e. The number of aryl methyl sites for hydroxylation is 1. The van der Waals surface area contributed by atoms with E-state index in [1.807, 2.05) is 0 Å². The van der Waals surface area contributed by atoms with Crippen molar-refractivity contribution in [2.45, 2.75) is 6.92 Å². The van der Waals surface area contributed by atoms with Crippen molar-refractivity contribution in [3.05, 3.63) is 39.4 Å². The maximum absolute atomic E-state index is 12.2. The topological polar surface area (TPSA) is 94.3 Å². The summed E-state index contributed by atoms with van der Waals surface area (Å²) in [4.78, 5) is 28.3. The van der Waals surface area contributed by atoms with Crippen LogP contribution in [0.5, 0.6) is 0 Å². The molecular formula is C13H12ClN3O3S. The lowest BCUT2D eigenvalue weighted by atomic mass is 10.1. The monoisotopic (exact) mass is 325 g/mol. The summed E-state index contributed by atoms with van der Waals surface area (Å²) in [5.74, 6) is -0.975. The second kappa shape index (κ2) is 6.11. The molecule has 0 fully saturated rings. The van der Waals surface area contributed by atoms with Gasteiger partial charge in [-0.2, -0.15) is 0 Å². The zero-order valence-electron chi connectivity index (χ0n) is 11.3. The van der Waals surface area contributed by atoms with Gasteiger partial charge in [0.1, 0.15) is 4.88 Å². The van der Waals surface area contributed by atoms with Crippen molar-refractivity contribution in [2.75, 3.05) is 18.2 Å². The molecule has 1 heterocycles. The van der Waals surface area contributed by atoms with Crippen LogP contribution in [0.25, 0.3) is 0 Å². The summed E-state index contributed by atoms with van der Waals surface area (Å²) < 4.78 is 4.67. The normalized spacial score (nSPS) is 10.2. The van der Waals surface area contributed by atoms with Crippen LogP contribution in [0, 0.1) is 6.92 Å². The number of aromatic nitrogens is 1. The Bertz CT molecular complexity index is 715. The van der Waals surface area contributed by atoms with Crippen LogP contribution >= 0.6 is 22.9 Å². The van der Waals surface area contributed by atoms with Gasteiger partial charge in [-0.15, -0.1) is 0 Å². The average molecular weight is 326 g/mol. The standard InChI is InChI=1S/C13H12ClN3O3S/c1-6-10(21-13(15)16-6)11(18)17-9-5-7(14)3-4-8(9)12(19)20-2/h3-5H,1-2H3,(H2,15,16)(H,17,18). The highest BCUT2D eigenvalue weighted by Gasteiger charge is 2.18. The molecule has 0 radical (unpaired) electrons. The Morgan fingerprint density at radius 3 is 2.71 bits per heavy atom. The first-order chi connectivity index (χ1) is 9.92. The Labute approximate surface area is 129 Å². The number of rotatable bonds is 3. The second-order valence-electron chi connectivity index (χ2n) is 4.10. The van der Waals surface area contributed by atoms with Crippen LogP contribution in [0.15, 0.2) is 18.2 Å². The zero-order valence-corrected chi connectivity index (χ0v) is 12.8. The number of hydrogen-bond acceptors (Lipinski definition) is 6. The minimum Gasteiger partial charge on any atom is -0.465 e. The Kier molecular flexibility index (Phi) is 4.44. The lowest BCUT2D eigenvalue weighted by Crippen LogP contribution is -2.15. The maximum atomic E-state index is 12.2. The fraction of sp³-hybridized carbons (Fsp3) is 0.154. The molecule has 0 aliphatic carbocycles. The van der Waals surface area contributed by atoms with E-state index in [0.29, 0.717) is 20.7 Å². The first-order valence-corrected chi connectivity index (χ1v) is 7.04. The molecule has 1 aromatic carbocycles. The minimum atomic E-state index is -0.567. The number of carbonyl (C=O) groups excluding carboxylic acids is 2. The number of carbonyl (C=O) groups is 2. The molecule has 8 heteroatoms. The van der Waals surface area contributed by atoms with Gasteiger partial charge in [-0.25, -0.2) is 9.78 Å². The molecule has 21 heavy (non-hydrogen) atoms. The van der Waals surface area contributed by atoms with Gasteiger partial charge < -0.3 is 15.8 Å². The number of nitrogen functional groups attached to an aromatic ring is 1. The second-order valence-corrected chi connectivity index (χ2v) is 5.57. The van der Waals surface area contributed by atoms with E-state index < -0.39 is 11.9 Å². The molecule has 6 nitrogen and oxygen atoms in total. The van der Waals surface area contributed by atoms with E-state index in [1.165, 1.54) is 19.2 Å². The van der Waals surface area contributed by atoms with Crippen molar-refractivity contribution in [1.29, 1.82) is 0 Å². The first-order valence-electron chi connectivity index (χ1n) is 5.84. The van der Waals surface area contributed by atoms with Gasteiger partial charge in [0.05, 0.1) is 24.1 Å². The summed E-state index contributed by atoms with van der Waals surface area (Å²) in [7, 11) is 1.26. The molecule has 0 saturated carbocycles. The lowest BCUT2D eigenvalue weighted by Gasteiger charge is -2.09. The van der Waals surface area contributed by atoms with Crippen molar-refractivity contribution in [1.82, 2.24) is 4.98 Å². The van der Waals surface area contributed by atoms with E-state index in [1.54, 1.807) is 13.0 Å². The van der Waals surface area contributed by atoms with Crippen molar-refractivity contribution in [3.63, 3.8) is 0 Å². The van der Waals surface area contributed by atoms with Crippen molar-refractivity contribution < 1.29 is 14.3 Å². The van der Waals surface area contributed by atoms with Gasteiger partial charge in [-0.05, 0) is 25.1 Å². The highest BCUT2D eigenvalue weighted by Crippen LogP contribution is 2.25. The number of nitrogens with one attached hydrogen (secondary N) is 1. The van der Waals surface area contributed by atoms with Gasteiger partial charge in [-0.1, -0.05) is 22.9 Å². The Morgan fingerprint density at radius 2 is 2.14 bits per heavy atom. The van der Waals surface area contributed by atoms with Crippen LogP contribution in [-0.4, -0.2) is 24.0 Å². The van der Waals surface area contributed by atoms with Gasteiger partial charge in [0.2, 0.25) is 0 Å². The predicted octanol–water partition coefficient (Wildman–Crippen LogP) is 2.73. The average Bonchev–Trinajstić information content (AvgIpc) is 2.77. The molecule has 1 amide bonds. The molecule has 3 N–H and O–H groups in total. The van der Waals surface area contributed by atoms with Gasteiger partial charge >= 0.3 is 5.97 Å². The molecule has 0 aliphatic rings. The van der Waals surface area contributed by atoms with Crippen molar-refractivity contribution in [3.8, 4) is 0 Å². The lowest BCUT2D eigenvalue weighted by molar-refractivity contribution is 0.0602. The summed E-state index contributed by atoms with van der Waals surface area (Å²) in [6.45, 7) is 1.68. The Hall–Kier alpha value is -2.12. The van der Waals surface area contributed by atoms with Gasteiger partial charge in [0, 0.05) is 5.02 Å². The van der Waals surface area contributed by atoms with E-state index in [-0.39, 0.29) is 11.3 Å². The number of thiazole rings is 1. The van der Waals surface area contributed by atoms with Crippen LogP contribution in [0.3, 0.4) is 0 Å². The molecule has 0 saturated heterocycles. The van der Waals surface area contributed by atoms with Crippen LogP contribution in [0.2, 0.25) is 5.02 Å². The number of esters is 1. The molecule has 0 bridgehead atoms.